The number of ether oxygens (including phenoxy) is 1. The molecule has 3 nitrogen and oxygen atoms in total. The molecule has 0 saturated carbocycles. The fraction of sp³-hybridized carbons (Fsp3) is 0.550. The predicted octanol–water partition coefficient (Wildman–Crippen LogP) is 0.0930. The number of allylic oxidation sites excluding steroid dienone is 2. The summed E-state index contributed by atoms with van der Waals surface area (Å²) >= 11 is 0. The van der Waals surface area contributed by atoms with Gasteiger partial charge < -0.3 is 9.84 Å². The summed E-state index contributed by atoms with van der Waals surface area (Å²) in [5.74, 6) is 0.490. The van der Waals surface area contributed by atoms with Crippen LogP contribution < -0.4 is 34.7 Å². The average molecular weight is 336 g/mol. The van der Waals surface area contributed by atoms with Crippen molar-refractivity contribution < 1.29 is 44.2 Å². The Bertz CT molecular complexity index is 634. The largest absolute Gasteiger partial charge is 1.00 e. The van der Waals surface area contributed by atoms with Crippen molar-refractivity contribution in [2.45, 2.75) is 46.5 Å². The molecule has 24 heavy (non-hydrogen) atoms. The Hall–Kier alpha value is -0.610. The van der Waals surface area contributed by atoms with Gasteiger partial charge in [0, 0.05) is 24.7 Å². The molecule has 1 fully saturated rings. The van der Waals surface area contributed by atoms with Crippen LogP contribution in [0.5, 0.6) is 0 Å². The Balaban J connectivity index is 0.00000208. The van der Waals surface area contributed by atoms with Crippen molar-refractivity contribution in [2.75, 3.05) is 13.2 Å². The number of rotatable bonds is 3. The number of carbonyl (C=O) groups is 1. The summed E-state index contributed by atoms with van der Waals surface area (Å²) in [5, 5.41) is 12.5. The van der Waals surface area contributed by atoms with E-state index in [4.69, 9.17) is 4.74 Å². The van der Waals surface area contributed by atoms with Gasteiger partial charge >= 0.3 is 29.6 Å². The van der Waals surface area contributed by atoms with Crippen molar-refractivity contribution >= 4 is 11.4 Å². The Kier molecular flexibility index (Phi) is 6.72. The quantitative estimate of drug-likeness (QED) is 0.736. The molecule has 1 aromatic rings. The third kappa shape index (κ3) is 3.96. The van der Waals surface area contributed by atoms with Crippen LogP contribution in [-0.2, 0) is 9.53 Å². The van der Waals surface area contributed by atoms with Crippen LogP contribution >= 0.6 is 0 Å². The number of ketones is 1. The number of benzene rings is 1. The molecule has 0 amide bonds. The van der Waals surface area contributed by atoms with Crippen molar-refractivity contribution in [3.63, 3.8) is 0 Å². The Morgan fingerprint density at radius 2 is 1.71 bits per heavy atom. The molecule has 1 aliphatic carbocycles. The van der Waals surface area contributed by atoms with E-state index in [2.05, 4.69) is 12.1 Å². The van der Waals surface area contributed by atoms with E-state index in [-0.39, 0.29) is 47.0 Å². The zero-order chi connectivity index (χ0) is 16.6. The first-order chi connectivity index (χ1) is 11.0. The molecule has 1 saturated heterocycles. The third-order valence-corrected chi connectivity index (χ3v) is 5.21. The molecule has 124 valence electrons. The van der Waals surface area contributed by atoms with E-state index in [1.807, 2.05) is 20.8 Å². The Morgan fingerprint density at radius 1 is 1.12 bits per heavy atom. The number of aryl methyl sites for hydroxylation is 3. The summed E-state index contributed by atoms with van der Waals surface area (Å²) in [4.78, 5) is 12.9. The second-order valence-electron chi connectivity index (χ2n) is 7.13. The molecule has 1 unspecified atom stereocenters. The summed E-state index contributed by atoms with van der Waals surface area (Å²) in [6, 6.07) is 4.11. The van der Waals surface area contributed by atoms with Crippen molar-refractivity contribution in [3.05, 3.63) is 40.1 Å². The Labute approximate surface area is 166 Å². The van der Waals surface area contributed by atoms with Gasteiger partial charge in [-0.15, -0.1) is 5.76 Å². The molecule has 1 aliphatic heterocycles. The van der Waals surface area contributed by atoms with Gasteiger partial charge in [0.25, 0.3) is 0 Å². The predicted molar refractivity (Wildman–Crippen MR) is 88.8 cm³/mol. The van der Waals surface area contributed by atoms with Gasteiger partial charge in [0.2, 0.25) is 0 Å². The maximum atomic E-state index is 12.9. The minimum absolute atomic E-state index is 0. The second kappa shape index (κ2) is 8.18. The van der Waals surface area contributed by atoms with Gasteiger partial charge in [-0.05, 0) is 69.1 Å². The average Bonchev–Trinajstić information content (AvgIpc) is 2.75. The monoisotopic (exact) mass is 336 g/mol. The molecule has 1 heterocycles. The van der Waals surface area contributed by atoms with Crippen molar-refractivity contribution in [1.29, 1.82) is 0 Å². The number of carbonyl (C=O) groups excluding carboxylic acids is 1. The Morgan fingerprint density at radius 3 is 2.29 bits per heavy atom. The fourth-order valence-corrected chi connectivity index (χ4v) is 4.17. The molecule has 0 spiro atoms. The SMILES string of the molecule is Cc1cc(C)c(C2=C([O-])CC(CC3CCOCC3)C2=O)c(C)c1.[Na+]. The first kappa shape index (κ1) is 19.7. The topological polar surface area (TPSA) is 49.4 Å². The van der Waals surface area contributed by atoms with Crippen LogP contribution in [0.25, 0.3) is 5.57 Å². The maximum Gasteiger partial charge on any atom is 1.00 e. The van der Waals surface area contributed by atoms with Gasteiger partial charge in [-0.1, -0.05) is 17.7 Å². The van der Waals surface area contributed by atoms with Crippen LogP contribution in [0, 0.1) is 32.6 Å². The van der Waals surface area contributed by atoms with Crippen LogP contribution in [0.2, 0.25) is 0 Å². The molecule has 0 N–H and O–H groups in total. The van der Waals surface area contributed by atoms with Crippen LogP contribution in [0.1, 0.15) is 47.9 Å². The minimum atomic E-state index is -0.124. The minimum Gasteiger partial charge on any atom is -0.875 e. The summed E-state index contributed by atoms with van der Waals surface area (Å²) in [6.07, 6.45) is 3.24. The van der Waals surface area contributed by atoms with Crippen LogP contribution in [0.4, 0.5) is 0 Å². The van der Waals surface area contributed by atoms with Crippen LogP contribution in [-0.4, -0.2) is 19.0 Å². The van der Waals surface area contributed by atoms with E-state index in [0.717, 1.165) is 49.2 Å². The fourth-order valence-electron chi connectivity index (χ4n) is 4.17. The van der Waals surface area contributed by atoms with E-state index in [9.17, 15) is 9.90 Å². The zero-order valence-corrected chi connectivity index (χ0v) is 17.3. The number of hydrogen-bond acceptors (Lipinski definition) is 3. The maximum absolute atomic E-state index is 12.9. The van der Waals surface area contributed by atoms with E-state index in [1.165, 1.54) is 5.56 Å². The first-order valence-electron chi connectivity index (χ1n) is 8.57. The number of Topliss-reactive ketones (excluding diaryl/α,β-unsaturated/α-hetero) is 1. The van der Waals surface area contributed by atoms with Gasteiger partial charge in [0.15, 0.2) is 5.78 Å². The van der Waals surface area contributed by atoms with Crippen molar-refractivity contribution in [3.8, 4) is 0 Å². The summed E-state index contributed by atoms with van der Waals surface area (Å²) < 4.78 is 5.39. The first-order valence-corrected chi connectivity index (χ1v) is 8.57. The van der Waals surface area contributed by atoms with Gasteiger partial charge in [0.05, 0.1) is 0 Å². The zero-order valence-electron chi connectivity index (χ0n) is 15.3. The molecular formula is C20H25NaO3. The van der Waals surface area contributed by atoms with E-state index in [1.54, 1.807) is 0 Å². The normalized spacial score (nSPS) is 22.0. The van der Waals surface area contributed by atoms with Crippen LogP contribution in [0.3, 0.4) is 0 Å². The van der Waals surface area contributed by atoms with Gasteiger partial charge in [0.1, 0.15) is 0 Å². The van der Waals surface area contributed by atoms with Gasteiger partial charge in [-0.25, -0.2) is 0 Å². The molecular weight excluding hydrogens is 311 g/mol. The molecule has 4 heteroatoms. The molecule has 0 radical (unpaired) electrons. The van der Waals surface area contributed by atoms with Crippen molar-refractivity contribution in [1.82, 2.24) is 0 Å². The van der Waals surface area contributed by atoms with Crippen molar-refractivity contribution in [2.24, 2.45) is 11.8 Å². The summed E-state index contributed by atoms with van der Waals surface area (Å²) in [6.45, 7) is 7.60. The molecule has 1 aromatic carbocycles. The summed E-state index contributed by atoms with van der Waals surface area (Å²) in [5.41, 5.74) is 4.56. The molecule has 1 atom stereocenters. The van der Waals surface area contributed by atoms with E-state index < -0.39 is 0 Å². The number of hydrogen-bond donors (Lipinski definition) is 0. The standard InChI is InChI=1S/C20H26O3.Na/c1-12-8-13(2)18(14(3)9-12)19-17(21)11-16(20(19)22)10-15-4-6-23-7-5-15;/h8-9,15-16,21H,4-7,10-11H2,1-3H3;/q;+1/p-1. The van der Waals surface area contributed by atoms with Crippen LogP contribution in [0.15, 0.2) is 17.9 Å². The van der Waals surface area contributed by atoms with E-state index in [0.29, 0.717) is 17.9 Å². The second-order valence-corrected chi connectivity index (χ2v) is 7.13. The molecule has 3 rings (SSSR count). The summed E-state index contributed by atoms with van der Waals surface area (Å²) in [7, 11) is 0. The third-order valence-electron chi connectivity index (χ3n) is 5.21. The van der Waals surface area contributed by atoms with Gasteiger partial charge in [-0.3, -0.25) is 4.79 Å². The molecule has 0 aromatic heterocycles. The molecule has 2 aliphatic rings. The van der Waals surface area contributed by atoms with Gasteiger partial charge in [-0.2, -0.15) is 0 Å². The smallest absolute Gasteiger partial charge is 0.875 e. The van der Waals surface area contributed by atoms with E-state index >= 15 is 0 Å². The molecule has 0 bridgehead atoms.